The molecule has 612 valence electrons. The van der Waals surface area contributed by atoms with E-state index in [1.807, 2.05) is 0 Å². The van der Waals surface area contributed by atoms with E-state index in [1.54, 1.807) is 55.8 Å². The molecule has 2 fully saturated rings. The molecule has 5 aromatic carbocycles. The Labute approximate surface area is 685 Å². The lowest BCUT2D eigenvalue weighted by Crippen LogP contribution is -2.33. The molecule has 40 heteroatoms. The van der Waals surface area contributed by atoms with Gasteiger partial charge in [-0.05, 0) is 202 Å². The second-order valence-electron chi connectivity index (χ2n) is 25.6. The highest BCUT2D eigenvalue weighted by Crippen LogP contribution is 2.29. The van der Waals surface area contributed by atoms with Crippen molar-refractivity contribution >= 4 is 156 Å². The van der Waals surface area contributed by atoms with Gasteiger partial charge in [0.05, 0.1) is 62.4 Å². The molecule has 1 aliphatic heterocycles. The number of nitrogens with one attached hydrogen (secondary N) is 8. The van der Waals surface area contributed by atoms with Gasteiger partial charge in [0.15, 0.2) is 0 Å². The minimum absolute atomic E-state index is 0.0100. The molecular formula is C76H73Cl4F4N13O15S4. The molecule has 10 aromatic rings. The summed E-state index contributed by atoms with van der Waals surface area (Å²) in [6, 6.07) is 38.4. The lowest BCUT2D eigenvalue weighted by Gasteiger charge is -2.25. The highest BCUT2D eigenvalue weighted by atomic mass is 35.5. The lowest BCUT2D eigenvalue weighted by atomic mass is 9.97. The summed E-state index contributed by atoms with van der Waals surface area (Å²) < 4.78 is 172. The Morgan fingerprint density at radius 1 is 0.448 bits per heavy atom. The fraction of sp³-hybridized carbons (Fsp3) is 0.224. The van der Waals surface area contributed by atoms with Crippen LogP contribution in [0.5, 0.6) is 5.75 Å². The van der Waals surface area contributed by atoms with E-state index in [2.05, 4.69) is 65.1 Å². The number of carbonyl (C=O) groups excluding carboxylic acids is 4. The van der Waals surface area contributed by atoms with Gasteiger partial charge in [-0.1, -0.05) is 64.6 Å². The Hall–Kier alpha value is -10.7. The van der Waals surface area contributed by atoms with Gasteiger partial charge in [-0.2, -0.15) is 0 Å². The van der Waals surface area contributed by atoms with Gasteiger partial charge >= 0.3 is 0 Å². The third-order valence-electron chi connectivity index (χ3n) is 16.8. The number of aromatic nitrogens is 5. The van der Waals surface area contributed by atoms with E-state index in [9.17, 15) is 75.5 Å². The van der Waals surface area contributed by atoms with Crippen molar-refractivity contribution in [2.24, 2.45) is 5.92 Å². The van der Waals surface area contributed by atoms with Crippen molar-refractivity contribution in [1.29, 1.82) is 0 Å². The van der Waals surface area contributed by atoms with Crippen molar-refractivity contribution < 1.29 is 85.0 Å². The van der Waals surface area contributed by atoms with Crippen LogP contribution in [0.25, 0.3) is 0 Å². The summed E-state index contributed by atoms with van der Waals surface area (Å²) >= 11 is 22.8. The van der Waals surface area contributed by atoms with Crippen molar-refractivity contribution in [3.8, 4) is 5.75 Å². The number of ether oxygens (including phenoxy) is 2. The molecule has 2 aliphatic rings. The van der Waals surface area contributed by atoms with Crippen LogP contribution in [0.15, 0.2) is 195 Å². The van der Waals surface area contributed by atoms with E-state index in [-0.39, 0.29) is 95.2 Å². The van der Waals surface area contributed by atoms with Crippen molar-refractivity contribution in [2.75, 3.05) is 77.7 Å². The first-order valence-electron chi connectivity index (χ1n) is 34.9. The highest BCUT2D eigenvalue weighted by Gasteiger charge is 2.31. The van der Waals surface area contributed by atoms with E-state index in [4.69, 9.17) is 55.9 Å². The molecule has 12 rings (SSSR count). The van der Waals surface area contributed by atoms with Crippen LogP contribution in [-0.4, -0.2) is 136 Å². The Morgan fingerprint density at radius 3 is 1.18 bits per heavy atom. The summed E-state index contributed by atoms with van der Waals surface area (Å²) in [6.07, 6.45) is 10.1. The summed E-state index contributed by atoms with van der Waals surface area (Å²) in [5.74, 6) is -4.18. The van der Waals surface area contributed by atoms with Gasteiger partial charge in [0.1, 0.15) is 52.3 Å². The van der Waals surface area contributed by atoms with Gasteiger partial charge in [0.25, 0.3) is 23.6 Å². The Balaban J connectivity index is 0.000000177. The standard InChI is InChI=1S/C21H19ClFN3O4S.C19H16ClFN4O3S.2C18H19ClFN3O4S/c1-30-17-5-2-14(3-6-17)9-11-31(28,29)26-20-12-15(8-10-24-20)21(27)25-16-4-7-19(23)18(22)13-16;20-16-12-15(4-5-17(16)21)24-19(26)13-6-9-23-18(11-13)25-29(27,28)10-7-14-3-1-2-8-22-14;19-15-10-12(1-6-16(15)20)22-18(25)11-7-8-21-17(9-11)23-28(26,27)14-4-2-13(24)3-5-14;19-15-9-14(3-4-16(15)20)22-18(24)13-5-6-21-17(8-13)23-28(25,26)11-12-2-1-7-27-10-12/h2-8,10,12-13H,9,11H2,1H3,(H,24,26)(H,25,27);1-6,8-9,11-12H,7,10H2,(H,23,25)(H,24,26);1,6-10,13-14,24H,2-5H2,(H,21,23)(H,22,25);3-6,8-9,12H,1-2,7,10-11H2,(H,21,23)(H,22,24). The number of pyridine rings is 5. The number of hydrogen-bond acceptors (Lipinski definition) is 20. The third kappa shape index (κ3) is 28.7. The molecule has 6 heterocycles. The number of aliphatic hydroxyl groups excluding tert-OH is 1. The van der Waals surface area contributed by atoms with Crippen LogP contribution >= 0.6 is 46.4 Å². The van der Waals surface area contributed by atoms with Gasteiger partial charge in [0, 0.05) is 94.7 Å². The second-order valence-corrected chi connectivity index (χ2v) is 34.6. The maximum absolute atomic E-state index is 13.3. The number of sulfonamides is 4. The number of nitrogens with zero attached hydrogens (tertiary/aromatic N) is 5. The first-order valence-corrected chi connectivity index (χ1v) is 42.9. The molecule has 0 spiro atoms. The van der Waals surface area contributed by atoms with Crippen LogP contribution in [0.4, 0.5) is 63.6 Å². The zero-order chi connectivity index (χ0) is 83.7. The smallest absolute Gasteiger partial charge is 0.255 e. The topological polar surface area (TPSA) is 404 Å². The highest BCUT2D eigenvalue weighted by molar-refractivity contribution is 7.93. The Kier molecular flexibility index (Phi) is 32.1. The molecule has 28 nitrogen and oxygen atoms in total. The maximum atomic E-state index is 13.3. The average molecular weight is 1750 g/mol. The van der Waals surface area contributed by atoms with Crippen LogP contribution in [-0.2, 0) is 57.7 Å². The van der Waals surface area contributed by atoms with Crippen molar-refractivity contribution in [3.63, 3.8) is 0 Å². The normalized spacial score (nSPS) is 14.7. The van der Waals surface area contributed by atoms with Gasteiger partial charge in [-0.25, -0.2) is 71.2 Å². The van der Waals surface area contributed by atoms with Crippen LogP contribution in [0, 0.1) is 29.2 Å². The van der Waals surface area contributed by atoms with E-state index >= 15 is 0 Å². The fourth-order valence-electron chi connectivity index (χ4n) is 10.9. The number of methoxy groups -OCH3 is 1. The summed E-state index contributed by atoms with van der Waals surface area (Å²) in [5.41, 5.74) is 3.41. The predicted molar refractivity (Wildman–Crippen MR) is 436 cm³/mol. The van der Waals surface area contributed by atoms with Gasteiger partial charge in [0.2, 0.25) is 40.1 Å². The largest absolute Gasteiger partial charge is 0.497 e. The number of hydrogen-bond donors (Lipinski definition) is 9. The summed E-state index contributed by atoms with van der Waals surface area (Å²) in [4.78, 5) is 69.5. The maximum Gasteiger partial charge on any atom is 0.255 e. The van der Waals surface area contributed by atoms with Crippen LogP contribution in [0.1, 0.15) is 91.2 Å². The number of benzene rings is 5. The summed E-state index contributed by atoms with van der Waals surface area (Å²) in [7, 11) is -13.1. The number of halogens is 8. The molecule has 1 atom stereocenters. The molecule has 0 radical (unpaired) electrons. The zero-order valence-corrected chi connectivity index (χ0v) is 67.2. The minimum Gasteiger partial charge on any atom is -0.497 e. The van der Waals surface area contributed by atoms with Crippen LogP contribution in [0.3, 0.4) is 0 Å². The summed E-state index contributed by atoms with van der Waals surface area (Å²) in [6.45, 7) is 1.07. The van der Waals surface area contributed by atoms with Crippen molar-refractivity contribution in [2.45, 2.75) is 62.7 Å². The molecule has 0 bridgehead atoms. The van der Waals surface area contributed by atoms with Gasteiger partial charge < -0.3 is 35.8 Å². The molecule has 9 N–H and O–H groups in total. The second kappa shape index (κ2) is 41.8. The van der Waals surface area contributed by atoms with Crippen LogP contribution < -0.4 is 44.9 Å². The Morgan fingerprint density at radius 2 is 0.828 bits per heavy atom. The monoisotopic (exact) mass is 1750 g/mol. The lowest BCUT2D eigenvalue weighted by molar-refractivity contribution is 0.0626. The van der Waals surface area contributed by atoms with E-state index in [1.165, 1.54) is 122 Å². The van der Waals surface area contributed by atoms with Gasteiger partial charge in [-0.15, -0.1) is 0 Å². The van der Waals surface area contributed by atoms with Gasteiger partial charge in [-0.3, -0.25) is 43.1 Å². The van der Waals surface area contributed by atoms with Crippen LogP contribution in [0.2, 0.25) is 20.1 Å². The minimum atomic E-state index is -3.69. The number of aliphatic hydroxyl groups is 1. The summed E-state index contributed by atoms with van der Waals surface area (Å²) in [5, 5.41) is 18.7. The molecule has 1 saturated carbocycles. The number of rotatable bonds is 26. The molecule has 1 unspecified atom stereocenters. The number of anilines is 8. The molecule has 4 amide bonds. The van der Waals surface area contributed by atoms with E-state index in [0.717, 1.165) is 42.7 Å². The zero-order valence-electron chi connectivity index (χ0n) is 61.0. The van der Waals surface area contributed by atoms with Crippen molar-refractivity contribution in [3.05, 3.63) is 272 Å². The molecule has 1 aliphatic carbocycles. The Bertz CT molecular complexity index is 5630. The quantitative estimate of drug-likeness (QED) is 0.0227. The number of aryl methyl sites for hydroxylation is 2. The van der Waals surface area contributed by atoms with Crippen molar-refractivity contribution in [1.82, 2.24) is 24.9 Å². The average Bonchev–Trinajstić information content (AvgIpc) is 0.833. The molecule has 116 heavy (non-hydrogen) atoms. The first-order chi connectivity index (χ1) is 55.1. The first kappa shape index (κ1) is 89.3. The number of carbonyl (C=O) groups is 4. The number of amides is 4. The molecular weight excluding hydrogens is 1680 g/mol. The SMILES string of the molecule is COc1ccc(CCS(=O)(=O)Nc2cc(C(=O)Nc3ccc(F)c(Cl)c3)ccn2)cc1.O=C(Nc1ccc(F)c(Cl)c1)c1ccnc(NS(=O)(=O)C2CCC(O)CC2)c1.O=C(Nc1ccc(F)c(Cl)c1)c1ccnc(NS(=O)(=O)CC2CCCOC2)c1.O=C(Nc1ccc(F)c(Cl)c1)c1ccnc(NS(=O)(=O)CCc2ccccn2)c1. The molecule has 1 saturated heterocycles. The fourth-order valence-corrected chi connectivity index (χ4v) is 16.5. The van der Waals surface area contributed by atoms with E-state index in [0.29, 0.717) is 79.5 Å². The molecule has 5 aromatic heterocycles. The predicted octanol–water partition coefficient (Wildman–Crippen LogP) is 14.1. The third-order valence-corrected chi connectivity index (χ3v) is 23.7. The van der Waals surface area contributed by atoms with E-state index < -0.39 is 98.3 Å².